The molecule has 0 aromatic heterocycles. The third kappa shape index (κ3) is 4.76. The number of hydrogen-bond acceptors (Lipinski definition) is 4. The number of nitrogens with zero attached hydrogens (tertiary/aromatic N) is 1. The lowest BCUT2D eigenvalue weighted by atomic mass is 10.1. The highest BCUT2D eigenvalue weighted by molar-refractivity contribution is 6.01. The maximum atomic E-state index is 12.3. The molecule has 0 radical (unpaired) electrons. The summed E-state index contributed by atoms with van der Waals surface area (Å²) in [5.74, 6) is 0.937. The number of rotatable bonds is 7. The second-order valence-electron chi connectivity index (χ2n) is 5.88. The van der Waals surface area contributed by atoms with Gasteiger partial charge in [-0.3, -0.25) is 4.79 Å². The number of amides is 1. The Balaban J connectivity index is 2.16. The van der Waals surface area contributed by atoms with E-state index in [1.165, 1.54) is 0 Å². The largest absolute Gasteiger partial charge is 0.493 e. The normalized spacial score (nSPS) is 15.0. The molecular formula is C19H24N2O3. The molecule has 5 heteroatoms. The van der Waals surface area contributed by atoms with Gasteiger partial charge in [-0.05, 0) is 43.0 Å². The number of carbonyl (C=O) groups excluding carboxylic acids is 1. The van der Waals surface area contributed by atoms with Gasteiger partial charge in [0.1, 0.15) is 11.6 Å². The zero-order chi connectivity index (χ0) is 17.4. The van der Waals surface area contributed by atoms with Gasteiger partial charge in [0, 0.05) is 6.04 Å². The van der Waals surface area contributed by atoms with Crippen molar-refractivity contribution in [2.75, 3.05) is 13.7 Å². The van der Waals surface area contributed by atoms with Crippen LogP contribution in [0.4, 0.5) is 0 Å². The number of hydrogen-bond donors (Lipinski definition) is 1. The van der Waals surface area contributed by atoms with Crippen molar-refractivity contribution in [2.24, 2.45) is 0 Å². The highest BCUT2D eigenvalue weighted by Gasteiger charge is 2.19. The second kappa shape index (κ2) is 8.97. The van der Waals surface area contributed by atoms with Crippen LogP contribution >= 0.6 is 0 Å². The first-order valence-electron chi connectivity index (χ1n) is 8.41. The van der Waals surface area contributed by atoms with Crippen molar-refractivity contribution < 1.29 is 14.3 Å². The van der Waals surface area contributed by atoms with Gasteiger partial charge in [0.2, 0.25) is 0 Å². The predicted molar refractivity (Wildman–Crippen MR) is 92.8 cm³/mol. The molecule has 0 bridgehead atoms. The number of benzene rings is 1. The van der Waals surface area contributed by atoms with Crippen LogP contribution in [0.2, 0.25) is 0 Å². The average Bonchev–Trinajstić information content (AvgIpc) is 3.10. The lowest BCUT2D eigenvalue weighted by Gasteiger charge is -2.12. The first-order chi connectivity index (χ1) is 11.7. The molecule has 1 N–H and O–H groups in total. The summed E-state index contributed by atoms with van der Waals surface area (Å²) in [6.07, 6.45) is 6.71. The van der Waals surface area contributed by atoms with Crippen LogP contribution in [0.3, 0.4) is 0 Å². The molecule has 2 rings (SSSR count). The van der Waals surface area contributed by atoms with Gasteiger partial charge in [0.05, 0.1) is 13.7 Å². The molecule has 1 aliphatic rings. The van der Waals surface area contributed by atoms with E-state index in [0.717, 1.165) is 37.7 Å². The highest BCUT2D eigenvalue weighted by Crippen LogP contribution is 2.29. The van der Waals surface area contributed by atoms with Gasteiger partial charge in [-0.15, -0.1) is 0 Å². The van der Waals surface area contributed by atoms with Crippen LogP contribution in [0.25, 0.3) is 6.08 Å². The van der Waals surface area contributed by atoms with E-state index < -0.39 is 0 Å². The summed E-state index contributed by atoms with van der Waals surface area (Å²) < 4.78 is 10.9. The quantitative estimate of drug-likeness (QED) is 0.615. The van der Waals surface area contributed by atoms with E-state index in [4.69, 9.17) is 9.47 Å². The summed E-state index contributed by atoms with van der Waals surface area (Å²) in [6.45, 7) is 2.61. The van der Waals surface area contributed by atoms with Gasteiger partial charge in [-0.2, -0.15) is 5.26 Å². The summed E-state index contributed by atoms with van der Waals surface area (Å²) in [6, 6.07) is 7.55. The Morgan fingerprint density at radius 2 is 2.12 bits per heavy atom. The predicted octanol–water partition coefficient (Wildman–Crippen LogP) is 3.45. The molecule has 128 valence electrons. The number of nitriles is 1. The second-order valence-corrected chi connectivity index (χ2v) is 5.88. The fourth-order valence-corrected chi connectivity index (χ4v) is 2.76. The molecule has 0 saturated heterocycles. The van der Waals surface area contributed by atoms with Crippen LogP contribution in [0.1, 0.15) is 44.6 Å². The molecule has 1 aliphatic carbocycles. The zero-order valence-corrected chi connectivity index (χ0v) is 14.3. The summed E-state index contributed by atoms with van der Waals surface area (Å²) >= 11 is 0. The smallest absolute Gasteiger partial charge is 0.262 e. The molecule has 1 fully saturated rings. The number of methoxy groups -OCH3 is 1. The molecule has 0 unspecified atom stereocenters. The Morgan fingerprint density at radius 1 is 1.38 bits per heavy atom. The van der Waals surface area contributed by atoms with Crippen molar-refractivity contribution in [2.45, 2.75) is 45.1 Å². The zero-order valence-electron chi connectivity index (χ0n) is 14.3. The van der Waals surface area contributed by atoms with Gasteiger partial charge >= 0.3 is 0 Å². The SMILES string of the molecule is CCCOc1cc(/C=C(\C#N)C(=O)NC2CCCC2)ccc1OC. The summed E-state index contributed by atoms with van der Waals surface area (Å²) in [4.78, 5) is 12.3. The Hall–Kier alpha value is -2.48. The van der Waals surface area contributed by atoms with Crippen molar-refractivity contribution in [1.82, 2.24) is 5.32 Å². The topological polar surface area (TPSA) is 71.3 Å². The lowest BCUT2D eigenvalue weighted by Crippen LogP contribution is -2.33. The van der Waals surface area contributed by atoms with Gasteiger partial charge in [-0.1, -0.05) is 25.8 Å². The van der Waals surface area contributed by atoms with Crippen molar-refractivity contribution in [3.8, 4) is 17.6 Å². The molecule has 0 atom stereocenters. The number of carbonyl (C=O) groups is 1. The van der Waals surface area contributed by atoms with E-state index >= 15 is 0 Å². The van der Waals surface area contributed by atoms with E-state index in [1.807, 2.05) is 13.0 Å². The average molecular weight is 328 g/mol. The maximum absolute atomic E-state index is 12.3. The monoisotopic (exact) mass is 328 g/mol. The van der Waals surface area contributed by atoms with Gasteiger partial charge in [0.25, 0.3) is 5.91 Å². The minimum absolute atomic E-state index is 0.105. The molecule has 1 aromatic rings. The van der Waals surface area contributed by atoms with Crippen molar-refractivity contribution >= 4 is 12.0 Å². The van der Waals surface area contributed by atoms with Crippen LogP contribution in [-0.4, -0.2) is 25.7 Å². The summed E-state index contributed by atoms with van der Waals surface area (Å²) in [5.41, 5.74) is 0.841. The molecule has 0 heterocycles. The van der Waals surface area contributed by atoms with Gasteiger partial charge < -0.3 is 14.8 Å². The lowest BCUT2D eigenvalue weighted by molar-refractivity contribution is -0.117. The summed E-state index contributed by atoms with van der Waals surface area (Å²) in [5, 5.41) is 12.2. The van der Waals surface area contributed by atoms with Crippen molar-refractivity contribution in [3.05, 3.63) is 29.3 Å². The highest BCUT2D eigenvalue weighted by atomic mass is 16.5. The number of ether oxygens (including phenoxy) is 2. The molecule has 1 saturated carbocycles. The first kappa shape index (κ1) is 17.9. The van der Waals surface area contributed by atoms with Gasteiger partial charge in [0.15, 0.2) is 11.5 Å². The molecule has 0 aliphatic heterocycles. The molecular weight excluding hydrogens is 304 g/mol. The van der Waals surface area contributed by atoms with Crippen molar-refractivity contribution in [1.29, 1.82) is 5.26 Å². The van der Waals surface area contributed by atoms with E-state index in [2.05, 4.69) is 5.32 Å². The molecule has 1 aromatic carbocycles. The van der Waals surface area contributed by atoms with E-state index in [-0.39, 0.29) is 17.5 Å². The van der Waals surface area contributed by atoms with Crippen LogP contribution in [0.15, 0.2) is 23.8 Å². The van der Waals surface area contributed by atoms with Gasteiger partial charge in [-0.25, -0.2) is 0 Å². The Kier molecular flexibility index (Phi) is 6.68. The van der Waals surface area contributed by atoms with Crippen LogP contribution < -0.4 is 14.8 Å². The third-order valence-corrected chi connectivity index (χ3v) is 4.02. The fourth-order valence-electron chi connectivity index (χ4n) is 2.76. The Labute approximate surface area is 143 Å². The molecule has 1 amide bonds. The van der Waals surface area contributed by atoms with Crippen molar-refractivity contribution in [3.63, 3.8) is 0 Å². The molecule has 24 heavy (non-hydrogen) atoms. The summed E-state index contributed by atoms with van der Waals surface area (Å²) in [7, 11) is 1.58. The minimum atomic E-state index is -0.309. The van der Waals surface area contributed by atoms with Crippen LogP contribution in [-0.2, 0) is 4.79 Å². The maximum Gasteiger partial charge on any atom is 0.262 e. The molecule has 5 nitrogen and oxygen atoms in total. The third-order valence-electron chi connectivity index (χ3n) is 4.02. The fraction of sp³-hybridized carbons (Fsp3) is 0.474. The van der Waals surface area contributed by atoms with E-state index in [0.29, 0.717) is 18.1 Å². The van der Waals surface area contributed by atoms with E-state index in [1.54, 1.807) is 31.4 Å². The van der Waals surface area contributed by atoms with Crippen LogP contribution in [0, 0.1) is 11.3 Å². The first-order valence-corrected chi connectivity index (χ1v) is 8.41. The minimum Gasteiger partial charge on any atom is -0.493 e. The van der Waals surface area contributed by atoms with E-state index in [9.17, 15) is 10.1 Å². The standard InChI is InChI=1S/C19H24N2O3/c1-3-10-24-18-12-14(8-9-17(18)23-2)11-15(13-20)19(22)21-16-6-4-5-7-16/h8-9,11-12,16H,3-7,10H2,1-2H3,(H,21,22)/b15-11+. The number of nitrogens with one attached hydrogen (secondary N) is 1. The molecule has 0 spiro atoms. The Bertz CT molecular complexity index is 641. The van der Waals surface area contributed by atoms with Crippen LogP contribution in [0.5, 0.6) is 11.5 Å². The Morgan fingerprint density at radius 3 is 2.75 bits per heavy atom.